The minimum absolute atomic E-state index is 0.171. The van der Waals surface area contributed by atoms with Crippen molar-refractivity contribution in [3.8, 4) is 5.75 Å². The van der Waals surface area contributed by atoms with E-state index in [1.54, 1.807) is 7.05 Å². The standard InChI is InChI=1S/C22H27N3O7S/c1-3-17-4-6-18(7-5-17)15-23(2)22(26)16-32-21-9-8-19(14-20(21)25(27)28)33(29,30)24-10-12-31-13-11-24/h4-9,14H,3,10-13,15-16H2,1-2H3. The molecule has 0 aromatic heterocycles. The van der Waals surface area contributed by atoms with Crippen molar-refractivity contribution in [1.82, 2.24) is 9.21 Å². The molecule has 2 aromatic carbocycles. The first-order valence-corrected chi connectivity index (χ1v) is 12.0. The molecule has 3 rings (SSSR count). The summed E-state index contributed by atoms with van der Waals surface area (Å²) in [6, 6.07) is 11.3. The van der Waals surface area contributed by atoms with Gasteiger partial charge in [0.05, 0.1) is 23.0 Å². The topological polar surface area (TPSA) is 119 Å². The Morgan fingerprint density at radius 2 is 1.79 bits per heavy atom. The lowest BCUT2D eigenvalue weighted by Gasteiger charge is -2.26. The van der Waals surface area contributed by atoms with Gasteiger partial charge in [-0.15, -0.1) is 0 Å². The lowest BCUT2D eigenvalue weighted by Crippen LogP contribution is -2.40. The molecule has 0 unspecified atom stereocenters. The maximum absolute atomic E-state index is 12.8. The number of hydrogen-bond acceptors (Lipinski definition) is 7. The van der Waals surface area contributed by atoms with E-state index in [2.05, 4.69) is 6.92 Å². The summed E-state index contributed by atoms with van der Waals surface area (Å²) in [5, 5.41) is 11.6. The van der Waals surface area contributed by atoms with Gasteiger partial charge in [0.15, 0.2) is 12.4 Å². The maximum atomic E-state index is 12.8. The number of nitro benzene ring substituents is 1. The lowest BCUT2D eigenvalue weighted by atomic mass is 10.1. The van der Waals surface area contributed by atoms with E-state index >= 15 is 0 Å². The highest BCUT2D eigenvalue weighted by molar-refractivity contribution is 7.89. The molecule has 0 N–H and O–H groups in total. The average Bonchev–Trinajstić information content (AvgIpc) is 2.83. The number of rotatable bonds is 9. The molecule has 0 bridgehead atoms. The molecule has 1 aliphatic heterocycles. The van der Waals surface area contributed by atoms with E-state index in [-0.39, 0.29) is 42.9 Å². The third-order valence-corrected chi connectivity index (χ3v) is 7.26. The first-order valence-electron chi connectivity index (χ1n) is 10.5. The normalized spacial score (nSPS) is 14.6. The molecule has 0 atom stereocenters. The Bertz CT molecular complexity index is 1100. The van der Waals surface area contributed by atoms with Gasteiger partial charge in [-0.2, -0.15) is 4.31 Å². The molecule has 0 aliphatic carbocycles. The number of carbonyl (C=O) groups excluding carboxylic acids is 1. The molecule has 1 aliphatic rings. The minimum Gasteiger partial charge on any atom is -0.477 e. The Balaban J connectivity index is 1.68. The molecule has 2 aromatic rings. The Hall–Kier alpha value is -3.02. The van der Waals surface area contributed by atoms with Crippen LogP contribution in [0, 0.1) is 10.1 Å². The largest absolute Gasteiger partial charge is 0.477 e. The Morgan fingerprint density at radius 3 is 2.39 bits per heavy atom. The third-order valence-electron chi connectivity index (χ3n) is 5.36. The van der Waals surface area contributed by atoms with E-state index in [0.717, 1.165) is 18.1 Å². The van der Waals surface area contributed by atoms with Gasteiger partial charge in [-0.05, 0) is 29.7 Å². The van der Waals surface area contributed by atoms with Crippen molar-refractivity contribution in [3.05, 3.63) is 63.7 Å². The van der Waals surface area contributed by atoms with Gasteiger partial charge in [0.25, 0.3) is 5.91 Å². The zero-order valence-corrected chi connectivity index (χ0v) is 19.4. The van der Waals surface area contributed by atoms with E-state index in [9.17, 15) is 23.3 Å². The molecular formula is C22H27N3O7S. The number of ether oxygens (including phenoxy) is 2. The Labute approximate surface area is 192 Å². The summed E-state index contributed by atoms with van der Waals surface area (Å²) in [6.45, 7) is 2.89. The van der Waals surface area contributed by atoms with Crippen molar-refractivity contribution in [3.63, 3.8) is 0 Å². The van der Waals surface area contributed by atoms with E-state index in [1.807, 2.05) is 24.3 Å². The van der Waals surface area contributed by atoms with Gasteiger partial charge in [0, 0.05) is 32.7 Å². The smallest absolute Gasteiger partial charge is 0.312 e. The van der Waals surface area contributed by atoms with Crippen LogP contribution in [0.2, 0.25) is 0 Å². The quantitative estimate of drug-likeness (QED) is 0.401. The van der Waals surface area contributed by atoms with Crippen LogP contribution in [0.4, 0.5) is 5.69 Å². The molecule has 1 amide bonds. The van der Waals surface area contributed by atoms with Crippen LogP contribution in [0.1, 0.15) is 18.1 Å². The molecule has 1 heterocycles. The van der Waals surface area contributed by atoms with Gasteiger partial charge >= 0.3 is 5.69 Å². The summed E-state index contributed by atoms with van der Waals surface area (Å²) in [7, 11) is -2.28. The van der Waals surface area contributed by atoms with E-state index in [1.165, 1.54) is 26.9 Å². The van der Waals surface area contributed by atoms with Crippen molar-refractivity contribution in [2.24, 2.45) is 0 Å². The number of aryl methyl sites for hydroxylation is 1. The van der Waals surface area contributed by atoms with Gasteiger partial charge in [-0.25, -0.2) is 8.42 Å². The fourth-order valence-corrected chi connectivity index (χ4v) is 4.78. The van der Waals surface area contributed by atoms with Crippen molar-refractivity contribution < 1.29 is 27.6 Å². The van der Waals surface area contributed by atoms with E-state index < -0.39 is 27.2 Å². The SMILES string of the molecule is CCc1ccc(CN(C)C(=O)COc2ccc(S(=O)(=O)N3CCOCC3)cc2[N+](=O)[O-])cc1. The molecule has 0 saturated carbocycles. The van der Waals surface area contributed by atoms with E-state index in [0.29, 0.717) is 6.54 Å². The summed E-state index contributed by atoms with van der Waals surface area (Å²) in [6.07, 6.45) is 0.925. The second kappa shape index (κ2) is 10.7. The summed E-state index contributed by atoms with van der Waals surface area (Å²) < 4.78 is 37.4. The minimum atomic E-state index is -3.90. The van der Waals surface area contributed by atoms with Gasteiger partial charge in [-0.1, -0.05) is 31.2 Å². The van der Waals surface area contributed by atoms with Crippen molar-refractivity contribution in [2.45, 2.75) is 24.8 Å². The van der Waals surface area contributed by atoms with Crippen LogP contribution < -0.4 is 4.74 Å². The molecule has 1 saturated heterocycles. The number of sulfonamides is 1. The van der Waals surface area contributed by atoms with Gasteiger partial charge in [0.2, 0.25) is 10.0 Å². The first kappa shape index (κ1) is 24.6. The fourth-order valence-electron chi connectivity index (χ4n) is 3.35. The van der Waals surface area contributed by atoms with Crippen LogP contribution in [0.5, 0.6) is 5.75 Å². The zero-order valence-electron chi connectivity index (χ0n) is 18.6. The van der Waals surface area contributed by atoms with Crippen LogP contribution in [-0.4, -0.2) is 68.4 Å². The zero-order chi connectivity index (χ0) is 24.0. The second-order valence-electron chi connectivity index (χ2n) is 7.61. The molecule has 10 nitrogen and oxygen atoms in total. The maximum Gasteiger partial charge on any atom is 0.312 e. The molecule has 11 heteroatoms. The first-order chi connectivity index (χ1) is 15.7. The van der Waals surface area contributed by atoms with Crippen LogP contribution in [0.25, 0.3) is 0 Å². The third kappa shape index (κ3) is 6.06. The van der Waals surface area contributed by atoms with Crippen LogP contribution in [-0.2, 0) is 32.5 Å². The molecule has 0 radical (unpaired) electrons. The van der Waals surface area contributed by atoms with Crippen molar-refractivity contribution in [2.75, 3.05) is 40.0 Å². The Kier molecular flexibility index (Phi) is 8.01. The predicted octanol–water partition coefficient (Wildman–Crippen LogP) is 2.22. The molecule has 33 heavy (non-hydrogen) atoms. The highest BCUT2D eigenvalue weighted by Gasteiger charge is 2.29. The molecule has 178 valence electrons. The van der Waals surface area contributed by atoms with Gasteiger partial charge in [-0.3, -0.25) is 14.9 Å². The van der Waals surface area contributed by atoms with Gasteiger partial charge in [0.1, 0.15) is 0 Å². The number of likely N-dealkylation sites (N-methyl/N-ethyl adjacent to an activating group) is 1. The van der Waals surface area contributed by atoms with Crippen molar-refractivity contribution in [1.29, 1.82) is 0 Å². The number of amides is 1. The fraction of sp³-hybridized carbons (Fsp3) is 0.409. The summed E-state index contributed by atoms with van der Waals surface area (Å²) in [5.74, 6) is -0.538. The highest BCUT2D eigenvalue weighted by atomic mass is 32.2. The van der Waals surface area contributed by atoms with Crippen molar-refractivity contribution >= 4 is 21.6 Å². The van der Waals surface area contributed by atoms with Crippen LogP contribution in [0.3, 0.4) is 0 Å². The molecule has 0 spiro atoms. The van der Waals surface area contributed by atoms with Crippen LogP contribution in [0.15, 0.2) is 47.4 Å². The van der Waals surface area contributed by atoms with Crippen LogP contribution >= 0.6 is 0 Å². The summed E-state index contributed by atoms with van der Waals surface area (Å²) >= 11 is 0. The number of nitro groups is 1. The number of hydrogen-bond donors (Lipinski definition) is 0. The number of nitrogens with zero attached hydrogens (tertiary/aromatic N) is 3. The second-order valence-corrected chi connectivity index (χ2v) is 9.55. The predicted molar refractivity (Wildman–Crippen MR) is 120 cm³/mol. The highest BCUT2D eigenvalue weighted by Crippen LogP contribution is 2.31. The molecule has 1 fully saturated rings. The van der Waals surface area contributed by atoms with E-state index in [4.69, 9.17) is 9.47 Å². The summed E-state index contributed by atoms with van der Waals surface area (Å²) in [5.41, 5.74) is 1.63. The van der Waals surface area contributed by atoms with Gasteiger partial charge < -0.3 is 14.4 Å². The Morgan fingerprint density at radius 1 is 1.15 bits per heavy atom. The monoisotopic (exact) mass is 477 g/mol. The molecular weight excluding hydrogens is 450 g/mol. The average molecular weight is 478 g/mol. The number of benzene rings is 2. The lowest BCUT2D eigenvalue weighted by molar-refractivity contribution is -0.386. The number of carbonyl (C=O) groups is 1. The summed E-state index contributed by atoms with van der Waals surface area (Å²) in [4.78, 5) is 24.6. The number of morpholine rings is 1.